The van der Waals surface area contributed by atoms with Crippen molar-refractivity contribution >= 4 is 34.9 Å². The Kier molecular flexibility index (Phi) is 4.38. The molecule has 0 spiro atoms. The average molecular weight is 285 g/mol. The largest absolute Gasteiger partial charge is 0.387 e. The molecule has 1 N–H and O–H groups in total. The summed E-state index contributed by atoms with van der Waals surface area (Å²) in [5.74, 6) is 0. The van der Waals surface area contributed by atoms with Gasteiger partial charge < -0.3 is 5.11 Å². The van der Waals surface area contributed by atoms with Gasteiger partial charge in [0.2, 0.25) is 0 Å². The van der Waals surface area contributed by atoms with Crippen molar-refractivity contribution in [3.63, 3.8) is 0 Å². The fourth-order valence-electron chi connectivity index (χ4n) is 1.12. The van der Waals surface area contributed by atoms with Crippen LogP contribution in [0.15, 0.2) is 31.9 Å². The fourth-order valence-corrected chi connectivity index (χ4v) is 3.50. The van der Waals surface area contributed by atoms with Crippen molar-refractivity contribution in [3.8, 4) is 0 Å². The molecule has 2 aromatic rings. The number of pyridine rings is 1. The molecule has 0 aliphatic carbocycles. The summed E-state index contributed by atoms with van der Waals surface area (Å²) in [6.07, 6.45) is 3.19. The van der Waals surface area contributed by atoms with Crippen LogP contribution in [0.2, 0.25) is 0 Å². The molecule has 2 aromatic heterocycles. The first-order valence-electron chi connectivity index (χ1n) is 4.88. The molecule has 4 nitrogen and oxygen atoms in total. The first-order chi connectivity index (χ1) is 8.19. The van der Waals surface area contributed by atoms with Crippen LogP contribution in [-0.4, -0.2) is 26.5 Å². The van der Waals surface area contributed by atoms with E-state index >= 15 is 0 Å². The van der Waals surface area contributed by atoms with E-state index in [1.807, 2.05) is 18.4 Å². The molecule has 90 valence electrons. The molecule has 0 radical (unpaired) electrons. The van der Waals surface area contributed by atoms with Gasteiger partial charge in [-0.3, -0.25) is 4.98 Å². The number of hydrogen-bond acceptors (Lipinski definition) is 7. The standard InChI is InChI=1S/C10H11N3OS3/c1-6(14)8-4-3-7(5-11-8)16-10-13-12-9(15-2)17-10/h3-6,14H,1-2H3/t6-/m0/s1. The predicted octanol–water partition coefficient (Wildman–Crippen LogP) is 2.86. The molecule has 0 unspecified atom stereocenters. The van der Waals surface area contributed by atoms with Crippen LogP contribution in [0, 0.1) is 0 Å². The minimum absolute atomic E-state index is 0.529. The van der Waals surface area contributed by atoms with Crippen molar-refractivity contribution in [2.45, 2.75) is 26.6 Å². The Morgan fingerprint density at radius 2 is 2.06 bits per heavy atom. The van der Waals surface area contributed by atoms with Gasteiger partial charge in [0.15, 0.2) is 8.68 Å². The molecule has 0 fully saturated rings. The zero-order valence-corrected chi connectivity index (χ0v) is 11.8. The quantitative estimate of drug-likeness (QED) is 0.872. The summed E-state index contributed by atoms with van der Waals surface area (Å²) in [6, 6.07) is 3.75. The normalized spacial score (nSPS) is 12.6. The minimum Gasteiger partial charge on any atom is -0.387 e. The highest BCUT2D eigenvalue weighted by Gasteiger charge is 2.07. The summed E-state index contributed by atoms with van der Waals surface area (Å²) in [5.41, 5.74) is 0.677. The first kappa shape index (κ1) is 12.8. The van der Waals surface area contributed by atoms with Crippen molar-refractivity contribution in [2.24, 2.45) is 0 Å². The molecule has 0 saturated heterocycles. The SMILES string of the molecule is CSc1nnc(Sc2ccc([C@H](C)O)nc2)s1. The zero-order chi connectivity index (χ0) is 12.3. The third-order valence-corrected chi connectivity index (χ3v) is 4.88. The molecule has 2 heterocycles. The molecule has 2 rings (SSSR count). The Morgan fingerprint density at radius 1 is 1.29 bits per heavy atom. The summed E-state index contributed by atoms with van der Waals surface area (Å²) in [5, 5.41) is 17.4. The Balaban J connectivity index is 2.08. The Labute approximate surface area is 112 Å². The second kappa shape index (κ2) is 5.81. The molecular weight excluding hydrogens is 274 g/mol. The van der Waals surface area contributed by atoms with E-state index in [1.165, 1.54) is 11.8 Å². The van der Waals surface area contributed by atoms with Crippen molar-refractivity contribution in [3.05, 3.63) is 24.0 Å². The monoisotopic (exact) mass is 285 g/mol. The maximum atomic E-state index is 9.35. The second-order valence-electron chi connectivity index (χ2n) is 3.23. The van der Waals surface area contributed by atoms with E-state index in [0.29, 0.717) is 5.69 Å². The van der Waals surface area contributed by atoms with Gasteiger partial charge in [0.25, 0.3) is 0 Å². The Bertz CT molecular complexity index is 484. The van der Waals surface area contributed by atoms with Crippen LogP contribution in [0.4, 0.5) is 0 Å². The highest BCUT2D eigenvalue weighted by molar-refractivity contribution is 8.03. The highest BCUT2D eigenvalue weighted by Crippen LogP contribution is 2.32. The molecule has 7 heteroatoms. The molecule has 0 aliphatic heterocycles. The number of thioether (sulfide) groups is 1. The average Bonchev–Trinajstić information content (AvgIpc) is 2.77. The Hall–Kier alpha value is -0.630. The van der Waals surface area contributed by atoms with E-state index in [2.05, 4.69) is 15.2 Å². The lowest BCUT2D eigenvalue weighted by atomic mass is 10.2. The lowest BCUT2D eigenvalue weighted by molar-refractivity contribution is 0.194. The molecule has 0 saturated carbocycles. The zero-order valence-electron chi connectivity index (χ0n) is 9.32. The molecule has 17 heavy (non-hydrogen) atoms. The third-order valence-electron chi connectivity index (χ3n) is 1.95. The molecule has 1 atom stereocenters. The summed E-state index contributed by atoms with van der Waals surface area (Å²) in [4.78, 5) is 5.18. The summed E-state index contributed by atoms with van der Waals surface area (Å²) < 4.78 is 1.86. The van der Waals surface area contributed by atoms with Gasteiger partial charge in [-0.2, -0.15) is 0 Å². The lowest BCUT2D eigenvalue weighted by Gasteiger charge is -2.03. The second-order valence-corrected chi connectivity index (χ2v) is 6.59. The van der Waals surface area contributed by atoms with Gasteiger partial charge in [-0.25, -0.2) is 0 Å². The Morgan fingerprint density at radius 3 is 2.59 bits per heavy atom. The molecule has 0 aromatic carbocycles. The molecule has 0 aliphatic rings. The first-order valence-corrected chi connectivity index (χ1v) is 7.74. The summed E-state index contributed by atoms with van der Waals surface area (Å²) in [6.45, 7) is 1.70. The maximum Gasteiger partial charge on any atom is 0.179 e. The van der Waals surface area contributed by atoms with Crippen molar-refractivity contribution < 1.29 is 5.11 Å². The maximum absolute atomic E-state index is 9.35. The fraction of sp³-hybridized carbons (Fsp3) is 0.300. The lowest BCUT2D eigenvalue weighted by Crippen LogP contribution is -1.94. The predicted molar refractivity (Wildman–Crippen MR) is 70.7 cm³/mol. The van der Waals surface area contributed by atoms with Crippen LogP contribution < -0.4 is 0 Å². The van der Waals surface area contributed by atoms with Gasteiger partial charge in [0, 0.05) is 11.1 Å². The number of aliphatic hydroxyl groups excluding tert-OH is 1. The van der Waals surface area contributed by atoms with Crippen LogP contribution in [0.1, 0.15) is 18.7 Å². The van der Waals surface area contributed by atoms with Crippen molar-refractivity contribution in [2.75, 3.05) is 6.26 Å². The number of aromatic nitrogens is 3. The van der Waals surface area contributed by atoms with Crippen LogP contribution in [0.3, 0.4) is 0 Å². The van der Waals surface area contributed by atoms with Gasteiger partial charge in [-0.15, -0.1) is 10.2 Å². The van der Waals surface area contributed by atoms with Crippen LogP contribution in [0.25, 0.3) is 0 Å². The summed E-state index contributed by atoms with van der Waals surface area (Å²) >= 11 is 4.69. The highest BCUT2D eigenvalue weighted by atomic mass is 32.2. The van der Waals surface area contributed by atoms with E-state index in [4.69, 9.17) is 0 Å². The van der Waals surface area contributed by atoms with E-state index < -0.39 is 6.10 Å². The van der Waals surface area contributed by atoms with Crippen molar-refractivity contribution in [1.82, 2.24) is 15.2 Å². The smallest absolute Gasteiger partial charge is 0.179 e. The van der Waals surface area contributed by atoms with Gasteiger partial charge in [0.05, 0.1) is 11.8 Å². The van der Waals surface area contributed by atoms with Gasteiger partial charge >= 0.3 is 0 Å². The van der Waals surface area contributed by atoms with Crippen molar-refractivity contribution in [1.29, 1.82) is 0 Å². The van der Waals surface area contributed by atoms with E-state index in [9.17, 15) is 5.11 Å². The number of rotatable bonds is 4. The molecule has 0 amide bonds. The van der Waals surface area contributed by atoms with Gasteiger partial charge in [-0.05, 0) is 25.3 Å². The minimum atomic E-state index is -0.529. The van der Waals surface area contributed by atoms with E-state index in [0.717, 1.165) is 13.6 Å². The molecule has 0 bridgehead atoms. The van der Waals surface area contributed by atoms with E-state index in [1.54, 1.807) is 36.2 Å². The number of aliphatic hydroxyl groups is 1. The topological polar surface area (TPSA) is 58.9 Å². The number of hydrogen-bond donors (Lipinski definition) is 1. The molecular formula is C10H11N3OS3. The van der Waals surface area contributed by atoms with Gasteiger partial charge in [-0.1, -0.05) is 34.9 Å². The van der Waals surface area contributed by atoms with Crippen LogP contribution >= 0.6 is 34.9 Å². The van der Waals surface area contributed by atoms with Gasteiger partial charge in [0.1, 0.15) is 0 Å². The number of nitrogens with zero attached hydrogens (tertiary/aromatic N) is 3. The summed E-state index contributed by atoms with van der Waals surface area (Å²) in [7, 11) is 0. The third kappa shape index (κ3) is 3.41. The van der Waals surface area contributed by atoms with Crippen LogP contribution in [0.5, 0.6) is 0 Å². The van der Waals surface area contributed by atoms with Crippen LogP contribution in [-0.2, 0) is 0 Å². The van der Waals surface area contributed by atoms with E-state index in [-0.39, 0.29) is 0 Å².